The Morgan fingerprint density at radius 1 is 1.02 bits per heavy atom. The number of benzene rings is 3. The van der Waals surface area contributed by atoms with Gasteiger partial charge in [-0.1, -0.05) is 12.1 Å². The highest BCUT2D eigenvalue weighted by Crippen LogP contribution is 2.40. The minimum absolute atomic E-state index is 0.0379. The molecular weight excluding hydrogens is 667 g/mol. The number of carbonyl (C=O) groups is 4. The Labute approximate surface area is 290 Å². The van der Waals surface area contributed by atoms with Crippen molar-refractivity contribution in [3.8, 4) is 11.5 Å². The molecule has 1 aromatic heterocycles. The molecule has 0 radical (unpaired) electrons. The quantitative estimate of drug-likeness (QED) is 0.132. The highest BCUT2D eigenvalue weighted by molar-refractivity contribution is 6.35. The number of fused-ring (bicyclic) bond motifs is 1. The van der Waals surface area contributed by atoms with Gasteiger partial charge >= 0.3 is 12.1 Å². The number of hydrogen-bond donors (Lipinski definition) is 4. The van der Waals surface area contributed by atoms with Gasteiger partial charge in [-0.25, -0.2) is 4.79 Å². The molecule has 1 saturated heterocycles. The van der Waals surface area contributed by atoms with Crippen LogP contribution in [0.2, 0.25) is 0 Å². The predicted molar refractivity (Wildman–Crippen MR) is 183 cm³/mol. The Bertz CT molecular complexity index is 2100. The minimum Gasteiger partial charge on any atom is -0.478 e. The normalized spacial score (nSPS) is 15.8. The molecule has 4 aromatic rings. The van der Waals surface area contributed by atoms with Crippen molar-refractivity contribution < 1.29 is 42.2 Å². The van der Waals surface area contributed by atoms with Crippen LogP contribution in [-0.4, -0.2) is 51.4 Å². The number of rotatable bonds is 10. The van der Waals surface area contributed by atoms with E-state index in [4.69, 9.17) is 10.5 Å². The first-order chi connectivity index (χ1) is 24.2. The molecule has 0 spiro atoms. The molecule has 5 N–H and O–H groups in total. The van der Waals surface area contributed by atoms with E-state index in [2.05, 4.69) is 15.5 Å². The van der Waals surface area contributed by atoms with Crippen molar-refractivity contribution in [1.29, 1.82) is 0 Å². The molecule has 3 aromatic carbocycles. The van der Waals surface area contributed by atoms with Crippen LogP contribution in [-0.2, 0) is 15.8 Å². The SMILES string of the molecule is Cc1c(C(=O)O)c(C)n(C(CC(N)=O)N2CCCC2)c1C=C1C(=O)Nc2cc(Oc3cccc(NC(=O)c4cccc(C(F)(F)F)c4)c3)ccc21. The van der Waals surface area contributed by atoms with Crippen LogP contribution < -0.4 is 21.1 Å². The molecule has 2 aliphatic heterocycles. The fraction of sp³-hybridized carbons (Fsp3) is 0.243. The van der Waals surface area contributed by atoms with Gasteiger partial charge in [-0.2, -0.15) is 13.2 Å². The van der Waals surface area contributed by atoms with E-state index in [1.165, 1.54) is 12.1 Å². The van der Waals surface area contributed by atoms with Crippen molar-refractivity contribution in [3.05, 3.63) is 106 Å². The number of nitrogens with zero attached hydrogens (tertiary/aromatic N) is 2. The van der Waals surface area contributed by atoms with Gasteiger partial charge < -0.3 is 30.8 Å². The van der Waals surface area contributed by atoms with Gasteiger partial charge in [-0.05, 0) is 80.8 Å². The number of aromatic nitrogens is 1. The molecule has 51 heavy (non-hydrogen) atoms. The standard InChI is InChI=1S/C37H34F3N5O6/c1-20-30(45(21(2)33(20)36(49)50)32(19-31(41)46)44-13-3-4-14-44)18-28-27-12-11-26(17-29(27)43-35(28)48)51-25-10-6-9-24(16-25)42-34(47)22-7-5-8-23(15-22)37(38,39)40/h5-12,15-18,32H,3-4,13-14,19H2,1-2H3,(H2,41,46)(H,42,47)(H,43,48)(H,49,50). The Kier molecular flexibility index (Phi) is 9.45. The second-order valence-corrected chi connectivity index (χ2v) is 12.4. The summed E-state index contributed by atoms with van der Waals surface area (Å²) in [4.78, 5) is 52.7. The second kappa shape index (κ2) is 13.8. The summed E-state index contributed by atoms with van der Waals surface area (Å²) in [5.41, 5.74) is 7.57. The van der Waals surface area contributed by atoms with E-state index in [1.807, 2.05) is 0 Å². The Balaban J connectivity index is 1.27. The number of primary amides is 1. The van der Waals surface area contributed by atoms with Gasteiger partial charge in [0.05, 0.1) is 35.0 Å². The lowest BCUT2D eigenvalue weighted by Crippen LogP contribution is -2.35. The van der Waals surface area contributed by atoms with Gasteiger partial charge in [0.1, 0.15) is 11.5 Å². The van der Waals surface area contributed by atoms with Gasteiger partial charge in [0.15, 0.2) is 0 Å². The van der Waals surface area contributed by atoms with Crippen LogP contribution in [0.4, 0.5) is 24.5 Å². The van der Waals surface area contributed by atoms with Gasteiger partial charge in [0.25, 0.3) is 11.8 Å². The van der Waals surface area contributed by atoms with Crippen molar-refractivity contribution >= 4 is 46.7 Å². The average molecular weight is 702 g/mol. The zero-order valence-electron chi connectivity index (χ0n) is 27.6. The van der Waals surface area contributed by atoms with Gasteiger partial charge in [-0.15, -0.1) is 0 Å². The molecule has 2 aliphatic rings. The van der Waals surface area contributed by atoms with Crippen LogP contribution in [0, 0.1) is 13.8 Å². The maximum absolute atomic E-state index is 13.4. The fourth-order valence-corrected chi connectivity index (χ4v) is 6.69. The van der Waals surface area contributed by atoms with E-state index in [-0.39, 0.29) is 28.8 Å². The van der Waals surface area contributed by atoms with Crippen molar-refractivity contribution in [2.24, 2.45) is 5.73 Å². The van der Waals surface area contributed by atoms with E-state index in [0.29, 0.717) is 52.8 Å². The maximum atomic E-state index is 13.4. The van der Waals surface area contributed by atoms with Gasteiger partial charge in [-0.3, -0.25) is 19.3 Å². The number of alkyl halides is 3. The third kappa shape index (κ3) is 7.22. The Morgan fingerprint density at radius 2 is 1.73 bits per heavy atom. The molecule has 1 fully saturated rings. The average Bonchev–Trinajstić information content (AvgIpc) is 3.77. The fourth-order valence-electron chi connectivity index (χ4n) is 6.69. The number of halogens is 3. The molecule has 3 amide bonds. The molecule has 3 heterocycles. The van der Waals surface area contributed by atoms with Gasteiger partial charge in [0, 0.05) is 53.4 Å². The Hall–Kier alpha value is -5.89. The molecule has 264 valence electrons. The predicted octanol–water partition coefficient (Wildman–Crippen LogP) is 6.83. The lowest BCUT2D eigenvalue weighted by atomic mass is 10.0. The summed E-state index contributed by atoms with van der Waals surface area (Å²) in [7, 11) is 0. The van der Waals surface area contributed by atoms with E-state index < -0.39 is 41.6 Å². The third-order valence-corrected chi connectivity index (χ3v) is 9.03. The molecule has 1 unspecified atom stereocenters. The molecule has 0 saturated carbocycles. The number of hydrogen-bond acceptors (Lipinski definition) is 6. The largest absolute Gasteiger partial charge is 0.478 e. The van der Waals surface area contributed by atoms with E-state index >= 15 is 0 Å². The molecular formula is C37H34F3N5O6. The molecule has 14 heteroatoms. The van der Waals surface area contributed by atoms with Crippen LogP contribution in [0.5, 0.6) is 11.5 Å². The second-order valence-electron chi connectivity index (χ2n) is 12.4. The van der Waals surface area contributed by atoms with Crippen molar-refractivity contribution in [3.63, 3.8) is 0 Å². The summed E-state index contributed by atoms with van der Waals surface area (Å²) < 4.78 is 47.2. The van der Waals surface area contributed by atoms with Gasteiger partial charge in [0.2, 0.25) is 5.91 Å². The first kappa shape index (κ1) is 35.0. The van der Waals surface area contributed by atoms with Crippen molar-refractivity contribution in [1.82, 2.24) is 9.47 Å². The number of nitrogens with two attached hydrogens (primary N) is 1. The van der Waals surface area contributed by atoms with Crippen LogP contribution in [0.1, 0.15) is 74.2 Å². The molecule has 11 nitrogen and oxygen atoms in total. The number of amides is 3. The number of nitrogens with one attached hydrogen (secondary N) is 2. The van der Waals surface area contributed by atoms with Crippen molar-refractivity contribution in [2.45, 2.75) is 45.5 Å². The number of likely N-dealkylation sites (tertiary alicyclic amines) is 1. The topological polar surface area (TPSA) is 156 Å². The van der Waals surface area contributed by atoms with E-state index in [9.17, 15) is 37.5 Å². The maximum Gasteiger partial charge on any atom is 0.416 e. The van der Waals surface area contributed by atoms with Crippen LogP contribution in [0.3, 0.4) is 0 Å². The lowest BCUT2D eigenvalue weighted by molar-refractivity contribution is -0.137. The summed E-state index contributed by atoms with van der Waals surface area (Å²) in [6.45, 7) is 4.78. The van der Waals surface area contributed by atoms with Crippen molar-refractivity contribution in [2.75, 3.05) is 23.7 Å². The molecule has 0 aliphatic carbocycles. The summed E-state index contributed by atoms with van der Waals surface area (Å²) in [5.74, 6) is -2.16. The van der Waals surface area contributed by atoms with Crippen LogP contribution in [0.25, 0.3) is 11.6 Å². The summed E-state index contributed by atoms with van der Waals surface area (Å²) >= 11 is 0. The number of ether oxygens (including phenoxy) is 1. The summed E-state index contributed by atoms with van der Waals surface area (Å²) in [5, 5.41) is 15.5. The number of anilines is 2. The number of carboxylic acids is 1. The third-order valence-electron chi connectivity index (χ3n) is 9.03. The molecule has 6 rings (SSSR count). The highest BCUT2D eigenvalue weighted by atomic mass is 19.4. The number of aromatic carboxylic acids is 1. The monoisotopic (exact) mass is 701 g/mol. The van der Waals surface area contributed by atoms with Crippen LogP contribution >= 0.6 is 0 Å². The Morgan fingerprint density at radius 3 is 2.41 bits per heavy atom. The number of carbonyl (C=O) groups excluding carboxylic acids is 3. The minimum atomic E-state index is -4.59. The first-order valence-electron chi connectivity index (χ1n) is 16.1. The first-order valence-corrected chi connectivity index (χ1v) is 16.1. The lowest BCUT2D eigenvalue weighted by Gasteiger charge is -2.30. The summed E-state index contributed by atoms with van der Waals surface area (Å²) in [6, 6.07) is 15.3. The summed E-state index contributed by atoms with van der Waals surface area (Å²) in [6.07, 6.45) is -1.67. The van der Waals surface area contributed by atoms with E-state index in [1.54, 1.807) is 60.9 Å². The zero-order valence-corrected chi connectivity index (χ0v) is 27.6. The van der Waals surface area contributed by atoms with E-state index in [0.717, 1.165) is 31.0 Å². The zero-order chi connectivity index (χ0) is 36.6. The van der Waals surface area contributed by atoms with Crippen LogP contribution in [0.15, 0.2) is 66.7 Å². The molecule has 0 bridgehead atoms. The number of carboxylic acid groups (broad SMARTS) is 1. The highest BCUT2D eigenvalue weighted by Gasteiger charge is 2.34. The molecule has 1 atom stereocenters. The smallest absolute Gasteiger partial charge is 0.416 e.